The number of nitrogens with zero attached hydrogens (tertiary/aromatic N) is 2. The molecule has 18 heavy (non-hydrogen) atoms. The Morgan fingerprint density at radius 2 is 1.89 bits per heavy atom. The third-order valence-corrected chi connectivity index (χ3v) is 3.87. The maximum absolute atomic E-state index is 12.1. The molecule has 0 aliphatic rings. The number of nitriles is 1. The van der Waals surface area contributed by atoms with E-state index >= 15 is 0 Å². The second-order valence-electron chi connectivity index (χ2n) is 3.96. The van der Waals surface area contributed by atoms with Crippen LogP contribution in [0.4, 0.5) is 0 Å². The van der Waals surface area contributed by atoms with Crippen molar-refractivity contribution in [2.24, 2.45) is 0 Å². The first-order valence-electron chi connectivity index (χ1n) is 5.23. The van der Waals surface area contributed by atoms with Gasteiger partial charge in [0.2, 0.25) is 9.84 Å². The molecule has 0 fully saturated rings. The van der Waals surface area contributed by atoms with Gasteiger partial charge in [-0.1, -0.05) is 17.7 Å². The Kier molecular flexibility index (Phi) is 4.48. The lowest BCUT2D eigenvalue weighted by atomic mass is 10.2. The minimum atomic E-state index is -3.75. The molecule has 0 amide bonds. The van der Waals surface area contributed by atoms with Gasteiger partial charge in [-0.25, -0.2) is 13.4 Å². The molecule has 0 spiro atoms. The summed E-state index contributed by atoms with van der Waals surface area (Å²) in [5, 5.41) is 10.5. The van der Waals surface area contributed by atoms with Crippen LogP contribution < -0.4 is 5.43 Å². The van der Waals surface area contributed by atoms with Gasteiger partial charge < -0.3 is 5.43 Å². The van der Waals surface area contributed by atoms with Crippen LogP contribution in [-0.4, -0.2) is 27.5 Å². The highest BCUT2D eigenvalue weighted by atomic mass is 32.2. The third-order valence-electron chi connectivity index (χ3n) is 2.18. The van der Waals surface area contributed by atoms with Gasteiger partial charge in [0.25, 0.3) is 0 Å². The fourth-order valence-electron chi connectivity index (χ4n) is 1.20. The predicted molar refractivity (Wildman–Crippen MR) is 68.9 cm³/mol. The van der Waals surface area contributed by atoms with E-state index in [-0.39, 0.29) is 9.80 Å². The standard InChI is InChI=1S/C12H15N3O2S/c1-10-4-6-11(7-5-10)18(16,17)12(8-13)9-14-15(2)3/h4-7,9,14H,1-3H3. The van der Waals surface area contributed by atoms with E-state index in [0.717, 1.165) is 5.56 Å². The molecule has 0 saturated carbocycles. The summed E-state index contributed by atoms with van der Waals surface area (Å²) in [5.74, 6) is 0. The van der Waals surface area contributed by atoms with Crippen LogP contribution in [0, 0.1) is 18.3 Å². The van der Waals surface area contributed by atoms with Crippen molar-refractivity contribution in [1.29, 1.82) is 5.26 Å². The molecule has 96 valence electrons. The monoisotopic (exact) mass is 265 g/mol. The van der Waals surface area contributed by atoms with E-state index in [1.54, 1.807) is 37.3 Å². The van der Waals surface area contributed by atoms with Crippen LogP contribution in [0.3, 0.4) is 0 Å². The Balaban J connectivity index is 3.16. The zero-order valence-electron chi connectivity index (χ0n) is 10.5. The third kappa shape index (κ3) is 3.32. The summed E-state index contributed by atoms with van der Waals surface area (Å²) in [5.41, 5.74) is 3.61. The molecule has 1 rings (SSSR count). The number of hydrazine groups is 1. The molecule has 5 nitrogen and oxygen atoms in total. The molecular weight excluding hydrogens is 250 g/mol. The number of hydrogen-bond acceptors (Lipinski definition) is 5. The van der Waals surface area contributed by atoms with Crippen LogP contribution in [0.2, 0.25) is 0 Å². The van der Waals surface area contributed by atoms with E-state index in [1.165, 1.54) is 18.3 Å². The average Bonchev–Trinajstić information content (AvgIpc) is 2.29. The summed E-state index contributed by atoms with van der Waals surface area (Å²) < 4.78 is 24.3. The molecule has 0 aromatic heterocycles. The van der Waals surface area contributed by atoms with Crippen molar-refractivity contribution in [3.8, 4) is 6.07 Å². The summed E-state index contributed by atoms with van der Waals surface area (Å²) in [6.45, 7) is 1.87. The number of sulfone groups is 1. The lowest BCUT2D eigenvalue weighted by molar-refractivity contribution is 0.342. The van der Waals surface area contributed by atoms with E-state index in [4.69, 9.17) is 5.26 Å². The van der Waals surface area contributed by atoms with Gasteiger partial charge in [-0.05, 0) is 19.1 Å². The van der Waals surface area contributed by atoms with Crippen molar-refractivity contribution < 1.29 is 8.42 Å². The number of nitrogens with one attached hydrogen (secondary N) is 1. The van der Waals surface area contributed by atoms with Crippen LogP contribution in [0.25, 0.3) is 0 Å². The smallest absolute Gasteiger partial charge is 0.218 e. The molecule has 0 radical (unpaired) electrons. The number of benzene rings is 1. The van der Waals surface area contributed by atoms with E-state index in [1.807, 2.05) is 6.92 Å². The Bertz CT molecular complexity index is 581. The minimum Gasteiger partial charge on any atom is -0.325 e. The lowest BCUT2D eigenvalue weighted by Crippen LogP contribution is -2.26. The summed E-state index contributed by atoms with van der Waals surface area (Å²) in [6.07, 6.45) is 1.18. The van der Waals surface area contributed by atoms with E-state index < -0.39 is 9.84 Å². The SMILES string of the molecule is Cc1ccc(S(=O)(=O)C(C#N)=CNN(C)C)cc1. The van der Waals surface area contributed by atoms with Crippen molar-refractivity contribution in [1.82, 2.24) is 10.4 Å². The molecule has 1 aromatic carbocycles. The molecular formula is C12H15N3O2S. The fourth-order valence-corrected chi connectivity index (χ4v) is 2.28. The first-order chi connectivity index (χ1) is 8.37. The van der Waals surface area contributed by atoms with Crippen LogP contribution in [0.15, 0.2) is 40.3 Å². The summed E-state index contributed by atoms with van der Waals surface area (Å²) >= 11 is 0. The van der Waals surface area contributed by atoms with Crippen molar-refractivity contribution in [2.45, 2.75) is 11.8 Å². The van der Waals surface area contributed by atoms with Gasteiger partial charge >= 0.3 is 0 Å². The van der Waals surface area contributed by atoms with Crippen molar-refractivity contribution >= 4 is 9.84 Å². The van der Waals surface area contributed by atoms with Crippen molar-refractivity contribution in [2.75, 3.05) is 14.1 Å². The highest BCUT2D eigenvalue weighted by molar-refractivity contribution is 7.95. The van der Waals surface area contributed by atoms with E-state index in [2.05, 4.69) is 5.43 Å². The van der Waals surface area contributed by atoms with Gasteiger partial charge in [-0.15, -0.1) is 0 Å². The van der Waals surface area contributed by atoms with Gasteiger partial charge in [0.05, 0.1) is 4.90 Å². The molecule has 0 saturated heterocycles. The van der Waals surface area contributed by atoms with E-state index in [0.29, 0.717) is 0 Å². The molecule has 0 heterocycles. The molecule has 0 unspecified atom stereocenters. The first-order valence-corrected chi connectivity index (χ1v) is 6.72. The lowest BCUT2D eigenvalue weighted by Gasteiger charge is -2.09. The van der Waals surface area contributed by atoms with Gasteiger partial charge in [0.15, 0.2) is 4.91 Å². The quantitative estimate of drug-likeness (QED) is 0.654. The van der Waals surface area contributed by atoms with E-state index in [9.17, 15) is 8.42 Å². The summed E-state index contributed by atoms with van der Waals surface area (Å²) in [7, 11) is -0.356. The predicted octanol–water partition coefficient (Wildman–Crippen LogP) is 1.20. The second-order valence-corrected chi connectivity index (χ2v) is 5.88. The Labute approximate surface area is 107 Å². The topological polar surface area (TPSA) is 73.2 Å². The maximum Gasteiger partial charge on any atom is 0.218 e. The van der Waals surface area contributed by atoms with Gasteiger partial charge in [-0.2, -0.15) is 5.26 Å². The number of allylic oxidation sites excluding steroid dienone is 1. The van der Waals surface area contributed by atoms with Crippen molar-refractivity contribution in [3.63, 3.8) is 0 Å². The molecule has 0 aliphatic heterocycles. The average molecular weight is 265 g/mol. The highest BCUT2D eigenvalue weighted by Crippen LogP contribution is 2.18. The Hall–Kier alpha value is -1.84. The Morgan fingerprint density at radius 3 is 2.33 bits per heavy atom. The van der Waals surface area contributed by atoms with Crippen LogP contribution in [0.1, 0.15) is 5.56 Å². The van der Waals surface area contributed by atoms with Gasteiger partial charge in [-0.3, -0.25) is 0 Å². The number of hydrogen-bond donors (Lipinski definition) is 1. The van der Waals surface area contributed by atoms with Crippen LogP contribution >= 0.6 is 0 Å². The second kappa shape index (κ2) is 5.67. The maximum atomic E-state index is 12.1. The van der Waals surface area contributed by atoms with Crippen molar-refractivity contribution in [3.05, 3.63) is 40.9 Å². The largest absolute Gasteiger partial charge is 0.325 e. The Morgan fingerprint density at radius 1 is 1.33 bits per heavy atom. The summed E-state index contributed by atoms with van der Waals surface area (Å²) in [6, 6.07) is 8.07. The molecule has 0 aliphatic carbocycles. The minimum absolute atomic E-state index is 0.112. The molecule has 1 N–H and O–H groups in total. The number of rotatable bonds is 4. The van der Waals surface area contributed by atoms with Crippen LogP contribution in [0.5, 0.6) is 0 Å². The molecule has 0 bridgehead atoms. The van der Waals surface area contributed by atoms with Gasteiger partial charge in [0.1, 0.15) is 6.07 Å². The molecule has 0 atom stereocenters. The highest BCUT2D eigenvalue weighted by Gasteiger charge is 2.20. The first kappa shape index (κ1) is 14.2. The van der Waals surface area contributed by atoms with Gasteiger partial charge in [0, 0.05) is 20.3 Å². The summed E-state index contributed by atoms with van der Waals surface area (Å²) in [4.78, 5) is -0.207. The fraction of sp³-hybridized carbons (Fsp3) is 0.250. The zero-order valence-corrected chi connectivity index (χ0v) is 11.3. The number of aryl methyl sites for hydroxylation is 1. The normalized spacial score (nSPS) is 12.3. The molecule has 6 heteroatoms. The van der Waals surface area contributed by atoms with Crippen LogP contribution in [-0.2, 0) is 9.84 Å². The molecule has 1 aromatic rings. The zero-order chi connectivity index (χ0) is 13.8.